The third kappa shape index (κ3) is 4.54. The van der Waals surface area contributed by atoms with Crippen molar-refractivity contribution in [3.8, 4) is 0 Å². The molecule has 0 saturated heterocycles. The number of hydrogen-bond acceptors (Lipinski definition) is 6. The van der Waals surface area contributed by atoms with Crippen LogP contribution < -0.4 is 15.5 Å². The first-order chi connectivity index (χ1) is 12.6. The normalized spacial score (nSPS) is 10.2. The molecule has 1 amide bonds. The highest BCUT2D eigenvalue weighted by molar-refractivity contribution is 6.02. The molecular weight excluding hydrogens is 328 g/mol. The van der Waals surface area contributed by atoms with Crippen LogP contribution in [0.4, 0.5) is 17.2 Å². The minimum Gasteiger partial charge on any atom is -0.378 e. The molecule has 26 heavy (non-hydrogen) atoms. The fraction of sp³-hybridized carbons (Fsp3) is 0.158. The number of aromatic nitrogens is 3. The predicted molar refractivity (Wildman–Crippen MR) is 102 cm³/mol. The summed E-state index contributed by atoms with van der Waals surface area (Å²) in [6, 6.07) is 14.8. The number of amides is 1. The zero-order chi connectivity index (χ0) is 18.4. The van der Waals surface area contributed by atoms with E-state index < -0.39 is 0 Å². The van der Waals surface area contributed by atoms with Gasteiger partial charge in [-0.15, -0.1) is 10.2 Å². The van der Waals surface area contributed by atoms with Crippen LogP contribution in [0.2, 0.25) is 0 Å². The van der Waals surface area contributed by atoms with Crippen molar-refractivity contribution < 1.29 is 4.79 Å². The maximum absolute atomic E-state index is 12.3. The minimum atomic E-state index is -0.296. The largest absolute Gasteiger partial charge is 0.378 e. The standard InChI is InChI=1S/C19H20N6O/c1-25(2)16-5-3-15(4-6-16)22-19(26)17-7-8-18(24-23-17)21-13-14-9-11-20-12-10-14/h3-12H,13H2,1-2H3,(H,21,24)(H,22,26). The van der Waals surface area contributed by atoms with Crippen molar-refractivity contribution in [2.75, 3.05) is 29.6 Å². The number of rotatable bonds is 6. The number of nitrogens with one attached hydrogen (secondary N) is 2. The molecular formula is C19H20N6O. The van der Waals surface area contributed by atoms with Crippen molar-refractivity contribution in [1.29, 1.82) is 0 Å². The maximum atomic E-state index is 12.3. The van der Waals surface area contributed by atoms with E-state index >= 15 is 0 Å². The molecule has 3 rings (SSSR count). The van der Waals surface area contributed by atoms with Gasteiger partial charge in [0.1, 0.15) is 5.82 Å². The molecule has 2 heterocycles. The number of carbonyl (C=O) groups is 1. The van der Waals surface area contributed by atoms with Crippen molar-refractivity contribution in [3.05, 3.63) is 72.2 Å². The van der Waals surface area contributed by atoms with Gasteiger partial charge >= 0.3 is 0 Å². The van der Waals surface area contributed by atoms with Crippen LogP contribution in [-0.2, 0) is 6.54 Å². The Morgan fingerprint density at radius 1 is 0.962 bits per heavy atom. The van der Waals surface area contributed by atoms with Crippen LogP contribution in [0.3, 0.4) is 0 Å². The number of carbonyl (C=O) groups excluding carboxylic acids is 1. The third-order valence-corrected chi connectivity index (χ3v) is 3.76. The van der Waals surface area contributed by atoms with Crippen molar-refractivity contribution in [2.24, 2.45) is 0 Å². The van der Waals surface area contributed by atoms with Crippen LogP contribution in [0.1, 0.15) is 16.1 Å². The molecule has 0 fully saturated rings. The van der Waals surface area contributed by atoms with Gasteiger partial charge in [0, 0.05) is 44.4 Å². The molecule has 2 aromatic heterocycles. The highest BCUT2D eigenvalue weighted by Gasteiger charge is 2.09. The lowest BCUT2D eigenvalue weighted by Gasteiger charge is -2.13. The molecule has 0 saturated carbocycles. The SMILES string of the molecule is CN(C)c1ccc(NC(=O)c2ccc(NCc3ccncc3)nn2)cc1. The fourth-order valence-corrected chi connectivity index (χ4v) is 2.28. The van der Waals surface area contributed by atoms with E-state index in [1.165, 1.54) is 0 Å². The number of hydrogen-bond donors (Lipinski definition) is 2. The average Bonchev–Trinajstić information content (AvgIpc) is 2.68. The molecule has 7 nitrogen and oxygen atoms in total. The summed E-state index contributed by atoms with van der Waals surface area (Å²) in [4.78, 5) is 18.2. The Hall–Kier alpha value is -3.48. The Kier molecular flexibility index (Phi) is 5.38. The maximum Gasteiger partial charge on any atom is 0.276 e. The first-order valence-corrected chi connectivity index (χ1v) is 8.17. The third-order valence-electron chi connectivity index (χ3n) is 3.76. The summed E-state index contributed by atoms with van der Waals surface area (Å²) in [5.74, 6) is 0.310. The lowest BCUT2D eigenvalue weighted by atomic mass is 10.2. The van der Waals surface area contributed by atoms with Gasteiger partial charge in [-0.25, -0.2) is 0 Å². The van der Waals surface area contributed by atoms with Crippen molar-refractivity contribution in [2.45, 2.75) is 6.54 Å². The highest BCUT2D eigenvalue weighted by Crippen LogP contribution is 2.16. The second-order valence-electron chi connectivity index (χ2n) is 5.91. The summed E-state index contributed by atoms with van der Waals surface area (Å²) in [7, 11) is 3.93. The smallest absolute Gasteiger partial charge is 0.276 e. The summed E-state index contributed by atoms with van der Waals surface area (Å²) >= 11 is 0. The molecule has 3 aromatic rings. The van der Waals surface area contributed by atoms with Crippen molar-refractivity contribution in [1.82, 2.24) is 15.2 Å². The van der Waals surface area contributed by atoms with Crippen molar-refractivity contribution in [3.63, 3.8) is 0 Å². The molecule has 0 aliphatic carbocycles. The van der Waals surface area contributed by atoms with E-state index in [4.69, 9.17) is 0 Å². The number of benzene rings is 1. The lowest BCUT2D eigenvalue weighted by Crippen LogP contribution is -2.15. The molecule has 0 bridgehead atoms. The van der Waals surface area contributed by atoms with Gasteiger partial charge in [0.2, 0.25) is 0 Å². The average molecular weight is 348 g/mol. The molecule has 0 unspecified atom stereocenters. The Morgan fingerprint density at radius 3 is 2.31 bits per heavy atom. The second kappa shape index (κ2) is 8.06. The summed E-state index contributed by atoms with van der Waals surface area (Å²) in [5, 5.41) is 14.0. The van der Waals surface area contributed by atoms with Gasteiger partial charge < -0.3 is 15.5 Å². The molecule has 0 aliphatic rings. The molecule has 1 aromatic carbocycles. The van der Waals surface area contributed by atoms with E-state index in [-0.39, 0.29) is 11.6 Å². The molecule has 7 heteroatoms. The van der Waals surface area contributed by atoms with Crippen LogP contribution in [-0.4, -0.2) is 35.2 Å². The van der Waals surface area contributed by atoms with E-state index in [0.717, 1.165) is 11.3 Å². The van der Waals surface area contributed by atoms with Crippen LogP contribution in [0.25, 0.3) is 0 Å². The van der Waals surface area contributed by atoms with Crippen molar-refractivity contribution >= 4 is 23.1 Å². The molecule has 132 valence electrons. The highest BCUT2D eigenvalue weighted by atomic mass is 16.1. The Balaban J connectivity index is 1.58. The molecule has 2 N–H and O–H groups in total. The monoisotopic (exact) mass is 348 g/mol. The minimum absolute atomic E-state index is 0.260. The Bertz CT molecular complexity index is 847. The first kappa shape index (κ1) is 17.3. The Labute approximate surface area is 152 Å². The predicted octanol–water partition coefficient (Wildman–Crippen LogP) is 2.80. The lowest BCUT2D eigenvalue weighted by molar-refractivity contribution is 0.102. The topological polar surface area (TPSA) is 83.0 Å². The summed E-state index contributed by atoms with van der Waals surface area (Å²) in [6.45, 7) is 0.612. The zero-order valence-corrected chi connectivity index (χ0v) is 14.7. The molecule has 0 atom stereocenters. The molecule has 0 spiro atoms. The van der Waals surface area contributed by atoms with Gasteiger partial charge in [-0.3, -0.25) is 9.78 Å². The van der Waals surface area contributed by atoms with E-state index in [9.17, 15) is 4.79 Å². The molecule has 0 radical (unpaired) electrons. The summed E-state index contributed by atoms with van der Waals surface area (Å²) in [6.07, 6.45) is 3.47. The summed E-state index contributed by atoms with van der Waals surface area (Å²) < 4.78 is 0. The van der Waals surface area contributed by atoms with Crippen LogP contribution in [0, 0.1) is 0 Å². The first-order valence-electron chi connectivity index (χ1n) is 8.17. The van der Waals surface area contributed by atoms with Crippen LogP contribution in [0.5, 0.6) is 0 Å². The van der Waals surface area contributed by atoms with E-state index in [0.29, 0.717) is 18.1 Å². The Morgan fingerprint density at radius 2 is 1.69 bits per heavy atom. The summed E-state index contributed by atoms with van der Waals surface area (Å²) in [5.41, 5.74) is 3.12. The molecule has 0 aliphatic heterocycles. The van der Waals surface area contributed by atoms with Gasteiger partial charge in [-0.05, 0) is 54.1 Å². The zero-order valence-electron chi connectivity index (χ0n) is 14.7. The fourth-order valence-electron chi connectivity index (χ4n) is 2.28. The van der Waals surface area contributed by atoms with E-state index in [2.05, 4.69) is 25.8 Å². The second-order valence-corrected chi connectivity index (χ2v) is 5.91. The number of anilines is 3. The quantitative estimate of drug-likeness (QED) is 0.713. The van der Waals surface area contributed by atoms with Crippen LogP contribution in [0.15, 0.2) is 60.9 Å². The van der Waals surface area contributed by atoms with Crippen LogP contribution >= 0.6 is 0 Å². The van der Waals surface area contributed by atoms with Gasteiger partial charge in [0.05, 0.1) is 0 Å². The number of nitrogens with zero attached hydrogens (tertiary/aromatic N) is 4. The van der Waals surface area contributed by atoms with Gasteiger partial charge in [-0.2, -0.15) is 0 Å². The number of pyridine rings is 1. The van der Waals surface area contributed by atoms with Gasteiger partial charge in [-0.1, -0.05) is 0 Å². The van der Waals surface area contributed by atoms with Gasteiger partial charge in [0.25, 0.3) is 5.91 Å². The van der Waals surface area contributed by atoms with E-state index in [1.54, 1.807) is 24.5 Å². The van der Waals surface area contributed by atoms with E-state index in [1.807, 2.05) is 55.4 Å². The van der Waals surface area contributed by atoms with Gasteiger partial charge in [0.15, 0.2) is 5.69 Å².